The molecule has 6 nitrogen and oxygen atoms in total. The van der Waals surface area contributed by atoms with Gasteiger partial charge in [-0.2, -0.15) is 0 Å². The van der Waals surface area contributed by atoms with Crippen LogP contribution < -0.4 is 5.32 Å². The molecule has 102 valence electrons. The SMILES string of the molecule is CCN1CC(=O)N(CCN2CCNCC2)CC1=O. The van der Waals surface area contributed by atoms with E-state index >= 15 is 0 Å². The van der Waals surface area contributed by atoms with Crippen LogP contribution in [0.5, 0.6) is 0 Å². The summed E-state index contributed by atoms with van der Waals surface area (Å²) in [4.78, 5) is 29.3. The standard InChI is InChI=1S/C12H22N4O2/c1-2-15-9-12(18)16(10-11(15)17)8-7-14-5-3-13-4-6-14/h13H,2-10H2,1H3. The molecular formula is C12H22N4O2. The van der Waals surface area contributed by atoms with Gasteiger partial charge in [-0.3, -0.25) is 14.5 Å². The van der Waals surface area contributed by atoms with Crippen LogP contribution in [0.4, 0.5) is 0 Å². The molecule has 18 heavy (non-hydrogen) atoms. The summed E-state index contributed by atoms with van der Waals surface area (Å²) in [6.07, 6.45) is 0. The maximum absolute atomic E-state index is 11.9. The van der Waals surface area contributed by atoms with E-state index in [1.54, 1.807) is 9.80 Å². The highest BCUT2D eigenvalue weighted by atomic mass is 16.2. The zero-order valence-corrected chi connectivity index (χ0v) is 11.0. The molecule has 2 heterocycles. The minimum absolute atomic E-state index is 0.0670. The van der Waals surface area contributed by atoms with E-state index in [4.69, 9.17) is 0 Å². The van der Waals surface area contributed by atoms with Crippen LogP contribution in [-0.4, -0.2) is 85.4 Å². The summed E-state index contributed by atoms with van der Waals surface area (Å²) < 4.78 is 0. The number of carbonyl (C=O) groups is 2. The monoisotopic (exact) mass is 254 g/mol. The van der Waals surface area contributed by atoms with Gasteiger partial charge in [0.2, 0.25) is 11.8 Å². The van der Waals surface area contributed by atoms with Gasteiger partial charge in [0, 0.05) is 45.8 Å². The van der Waals surface area contributed by atoms with E-state index in [-0.39, 0.29) is 24.9 Å². The minimum Gasteiger partial charge on any atom is -0.332 e. The molecule has 0 aromatic heterocycles. The Hall–Kier alpha value is -1.14. The molecule has 0 bridgehead atoms. The predicted molar refractivity (Wildman–Crippen MR) is 68.1 cm³/mol. The molecule has 1 N–H and O–H groups in total. The molecule has 2 aliphatic heterocycles. The van der Waals surface area contributed by atoms with Crippen LogP contribution in [0.2, 0.25) is 0 Å². The summed E-state index contributed by atoms with van der Waals surface area (Å²) in [5, 5.41) is 3.30. The molecule has 2 rings (SSSR count). The first kappa shape index (κ1) is 13.3. The number of amides is 2. The maximum Gasteiger partial charge on any atom is 0.242 e. The van der Waals surface area contributed by atoms with Crippen molar-refractivity contribution in [3.63, 3.8) is 0 Å². The van der Waals surface area contributed by atoms with Crippen LogP contribution in [0, 0.1) is 0 Å². The molecule has 2 saturated heterocycles. The second-order valence-electron chi connectivity index (χ2n) is 4.81. The number of likely N-dealkylation sites (N-methyl/N-ethyl adjacent to an activating group) is 1. The van der Waals surface area contributed by atoms with E-state index in [9.17, 15) is 9.59 Å². The first-order chi connectivity index (χ1) is 8.70. The smallest absolute Gasteiger partial charge is 0.242 e. The Morgan fingerprint density at radius 2 is 1.61 bits per heavy atom. The van der Waals surface area contributed by atoms with Crippen molar-refractivity contribution in [3.8, 4) is 0 Å². The molecule has 0 saturated carbocycles. The van der Waals surface area contributed by atoms with E-state index in [1.165, 1.54) is 0 Å². The normalized spacial score (nSPS) is 22.7. The summed E-state index contributed by atoms with van der Waals surface area (Å²) in [6, 6.07) is 0. The van der Waals surface area contributed by atoms with Crippen molar-refractivity contribution < 1.29 is 9.59 Å². The topological polar surface area (TPSA) is 55.9 Å². The Kier molecular flexibility index (Phi) is 4.54. The lowest BCUT2D eigenvalue weighted by Crippen LogP contribution is -2.55. The molecule has 0 aromatic rings. The second kappa shape index (κ2) is 6.15. The first-order valence-corrected chi connectivity index (χ1v) is 6.69. The van der Waals surface area contributed by atoms with Crippen molar-refractivity contribution >= 4 is 11.8 Å². The van der Waals surface area contributed by atoms with Crippen LogP contribution in [-0.2, 0) is 9.59 Å². The van der Waals surface area contributed by atoms with Crippen molar-refractivity contribution in [2.45, 2.75) is 6.92 Å². The molecule has 0 spiro atoms. The minimum atomic E-state index is 0.0670. The van der Waals surface area contributed by atoms with Gasteiger partial charge in [0.25, 0.3) is 0 Å². The molecule has 0 aromatic carbocycles. The number of rotatable bonds is 4. The maximum atomic E-state index is 11.9. The van der Waals surface area contributed by atoms with Crippen molar-refractivity contribution in [2.75, 3.05) is 58.9 Å². The highest BCUT2D eigenvalue weighted by Gasteiger charge is 2.28. The van der Waals surface area contributed by atoms with Gasteiger partial charge in [0.1, 0.15) is 0 Å². The number of piperazine rings is 2. The Balaban J connectivity index is 1.78. The molecule has 0 unspecified atom stereocenters. The van der Waals surface area contributed by atoms with Crippen LogP contribution in [0.3, 0.4) is 0 Å². The summed E-state index contributed by atoms with van der Waals surface area (Å²) in [5.41, 5.74) is 0. The number of nitrogens with zero attached hydrogens (tertiary/aromatic N) is 3. The van der Waals surface area contributed by atoms with Gasteiger partial charge in [-0.05, 0) is 6.92 Å². The van der Waals surface area contributed by atoms with Crippen molar-refractivity contribution in [1.29, 1.82) is 0 Å². The number of hydrogen-bond acceptors (Lipinski definition) is 4. The Morgan fingerprint density at radius 1 is 1.00 bits per heavy atom. The van der Waals surface area contributed by atoms with Gasteiger partial charge in [-0.1, -0.05) is 0 Å². The lowest BCUT2D eigenvalue weighted by atomic mass is 10.2. The average Bonchev–Trinajstić information content (AvgIpc) is 2.40. The molecule has 6 heteroatoms. The summed E-state index contributed by atoms with van der Waals surface area (Å²) in [5.74, 6) is 0.143. The molecule has 2 aliphatic rings. The summed E-state index contributed by atoms with van der Waals surface area (Å²) in [7, 11) is 0. The number of nitrogens with one attached hydrogen (secondary N) is 1. The predicted octanol–water partition coefficient (Wildman–Crippen LogP) is -1.42. The fourth-order valence-electron chi connectivity index (χ4n) is 2.39. The van der Waals surface area contributed by atoms with Crippen molar-refractivity contribution in [1.82, 2.24) is 20.0 Å². The molecular weight excluding hydrogens is 232 g/mol. The number of hydrogen-bond donors (Lipinski definition) is 1. The third-order valence-electron chi connectivity index (χ3n) is 3.64. The fourth-order valence-corrected chi connectivity index (χ4v) is 2.39. The fraction of sp³-hybridized carbons (Fsp3) is 0.833. The quantitative estimate of drug-likeness (QED) is 0.669. The second-order valence-corrected chi connectivity index (χ2v) is 4.81. The van der Waals surface area contributed by atoms with Crippen LogP contribution in [0.15, 0.2) is 0 Å². The van der Waals surface area contributed by atoms with Gasteiger partial charge in [0.05, 0.1) is 13.1 Å². The molecule has 0 aliphatic carbocycles. The highest BCUT2D eigenvalue weighted by Crippen LogP contribution is 2.05. The number of carbonyl (C=O) groups excluding carboxylic acids is 2. The highest BCUT2D eigenvalue weighted by molar-refractivity contribution is 5.92. The Labute approximate surface area is 108 Å². The summed E-state index contributed by atoms with van der Waals surface area (Å²) in [6.45, 7) is 8.63. The molecule has 2 amide bonds. The van der Waals surface area contributed by atoms with Gasteiger partial charge in [0.15, 0.2) is 0 Å². The third-order valence-corrected chi connectivity index (χ3v) is 3.64. The largest absolute Gasteiger partial charge is 0.332 e. The van der Waals surface area contributed by atoms with Crippen LogP contribution in [0.1, 0.15) is 6.92 Å². The average molecular weight is 254 g/mol. The Bertz CT molecular complexity index is 315. The molecule has 2 fully saturated rings. The van der Waals surface area contributed by atoms with Gasteiger partial charge in [-0.15, -0.1) is 0 Å². The van der Waals surface area contributed by atoms with Gasteiger partial charge in [-0.25, -0.2) is 0 Å². The summed E-state index contributed by atoms with van der Waals surface area (Å²) >= 11 is 0. The van der Waals surface area contributed by atoms with Crippen molar-refractivity contribution in [3.05, 3.63) is 0 Å². The van der Waals surface area contributed by atoms with E-state index in [0.29, 0.717) is 13.1 Å². The Morgan fingerprint density at radius 3 is 2.28 bits per heavy atom. The van der Waals surface area contributed by atoms with E-state index in [2.05, 4.69) is 10.2 Å². The zero-order valence-electron chi connectivity index (χ0n) is 11.0. The van der Waals surface area contributed by atoms with E-state index in [1.807, 2.05) is 6.92 Å². The lowest BCUT2D eigenvalue weighted by molar-refractivity contribution is -0.150. The van der Waals surface area contributed by atoms with Gasteiger partial charge < -0.3 is 15.1 Å². The van der Waals surface area contributed by atoms with Crippen LogP contribution >= 0.6 is 0 Å². The van der Waals surface area contributed by atoms with Crippen LogP contribution in [0.25, 0.3) is 0 Å². The van der Waals surface area contributed by atoms with Crippen molar-refractivity contribution in [2.24, 2.45) is 0 Å². The first-order valence-electron chi connectivity index (χ1n) is 6.69. The third kappa shape index (κ3) is 3.20. The van der Waals surface area contributed by atoms with E-state index in [0.717, 1.165) is 32.7 Å². The molecule has 0 radical (unpaired) electrons. The zero-order chi connectivity index (χ0) is 13.0. The van der Waals surface area contributed by atoms with Gasteiger partial charge >= 0.3 is 0 Å². The van der Waals surface area contributed by atoms with E-state index < -0.39 is 0 Å². The lowest BCUT2D eigenvalue weighted by Gasteiger charge is -2.35. The molecule has 0 atom stereocenters.